The molecular weight excluding hydrogens is 332 g/mol. The molecule has 4 nitrogen and oxygen atoms in total. The SMILES string of the molecule is C=C(C)C1CC=C(CN2CCc3nc(-c4ccc(N)cc4)ncc3C2)CC1. The maximum atomic E-state index is 5.77. The molecule has 4 heteroatoms. The molecule has 2 heterocycles. The normalized spacial score (nSPS) is 20.0. The Morgan fingerprint density at radius 3 is 2.78 bits per heavy atom. The zero-order valence-corrected chi connectivity index (χ0v) is 16.1. The van der Waals surface area contributed by atoms with E-state index in [1.54, 1.807) is 5.57 Å². The molecule has 0 bridgehead atoms. The standard InChI is InChI=1S/C23H28N4/c1-16(2)18-5-3-17(4-6-18)14-27-12-11-22-20(15-27)13-25-23(26-22)19-7-9-21(24)10-8-19/h3,7-10,13,18H,1,4-6,11-12,14-15,24H2,2H3. The van der Waals surface area contributed by atoms with Crippen molar-refractivity contribution in [1.29, 1.82) is 0 Å². The number of benzene rings is 1. The summed E-state index contributed by atoms with van der Waals surface area (Å²) in [6.07, 6.45) is 9.05. The Balaban J connectivity index is 1.42. The monoisotopic (exact) mass is 360 g/mol. The fourth-order valence-corrected chi connectivity index (χ4v) is 4.05. The summed E-state index contributed by atoms with van der Waals surface area (Å²) < 4.78 is 0. The molecule has 27 heavy (non-hydrogen) atoms. The first-order valence-corrected chi connectivity index (χ1v) is 9.85. The largest absolute Gasteiger partial charge is 0.399 e. The number of rotatable bonds is 4. The second-order valence-corrected chi connectivity index (χ2v) is 7.93. The first kappa shape index (κ1) is 17.9. The van der Waals surface area contributed by atoms with Gasteiger partial charge >= 0.3 is 0 Å². The number of anilines is 1. The number of nitrogen functional groups attached to an aromatic ring is 1. The number of nitrogens with two attached hydrogens (primary N) is 1. The number of fused-ring (bicyclic) bond motifs is 1. The maximum Gasteiger partial charge on any atom is 0.159 e. The number of aromatic nitrogens is 2. The number of allylic oxidation sites excluding steroid dienone is 2. The van der Waals surface area contributed by atoms with E-state index in [0.717, 1.165) is 49.6 Å². The minimum Gasteiger partial charge on any atom is -0.399 e. The molecule has 1 aromatic heterocycles. The van der Waals surface area contributed by atoms with Crippen molar-refractivity contribution in [2.45, 2.75) is 39.2 Å². The highest BCUT2D eigenvalue weighted by Gasteiger charge is 2.21. The summed E-state index contributed by atoms with van der Waals surface area (Å²) in [6, 6.07) is 7.77. The molecule has 0 radical (unpaired) electrons. The summed E-state index contributed by atoms with van der Waals surface area (Å²) in [7, 11) is 0. The highest BCUT2D eigenvalue weighted by Crippen LogP contribution is 2.29. The van der Waals surface area contributed by atoms with Gasteiger partial charge in [0.05, 0.1) is 5.69 Å². The zero-order chi connectivity index (χ0) is 18.8. The van der Waals surface area contributed by atoms with E-state index in [0.29, 0.717) is 5.92 Å². The second-order valence-electron chi connectivity index (χ2n) is 7.93. The molecule has 140 valence electrons. The average Bonchev–Trinajstić information content (AvgIpc) is 2.68. The van der Waals surface area contributed by atoms with Gasteiger partial charge in [0, 0.05) is 49.1 Å². The van der Waals surface area contributed by atoms with Gasteiger partial charge in [0.25, 0.3) is 0 Å². The molecule has 0 saturated carbocycles. The third-order valence-electron chi connectivity index (χ3n) is 5.81. The Bertz CT molecular complexity index is 866. The van der Waals surface area contributed by atoms with Crippen molar-refractivity contribution < 1.29 is 0 Å². The summed E-state index contributed by atoms with van der Waals surface area (Å²) in [5.74, 6) is 1.47. The summed E-state index contributed by atoms with van der Waals surface area (Å²) in [5.41, 5.74) is 12.9. The van der Waals surface area contributed by atoms with Crippen LogP contribution in [0.2, 0.25) is 0 Å². The van der Waals surface area contributed by atoms with Crippen molar-refractivity contribution in [3.63, 3.8) is 0 Å². The third-order valence-corrected chi connectivity index (χ3v) is 5.81. The molecule has 1 atom stereocenters. The van der Waals surface area contributed by atoms with Crippen LogP contribution in [0.1, 0.15) is 37.4 Å². The van der Waals surface area contributed by atoms with Gasteiger partial charge in [-0.3, -0.25) is 4.90 Å². The van der Waals surface area contributed by atoms with Gasteiger partial charge in [-0.15, -0.1) is 0 Å². The van der Waals surface area contributed by atoms with Crippen molar-refractivity contribution in [3.05, 3.63) is 65.5 Å². The molecule has 4 rings (SSSR count). The van der Waals surface area contributed by atoms with Gasteiger partial charge in [-0.05, 0) is 56.4 Å². The fourth-order valence-electron chi connectivity index (χ4n) is 4.05. The molecule has 2 aliphatic rings. The Morgan fingerprint density at radius 2 is 2.07 bits per heavy atom. The Hall–Kier alpha value is -2.46. The third kappa shape index (κ3) is 4.11. The van der Waals surface area contributed by atoms with Gasteiger partial charge < -0.3 is 5.73 Å². The zero-order valence-electron chi connectivity index (χ0n) is 16.1. The Morgan fingerprint density at radius 1 is 1.26 bits per heavy atom. The maximum absolute atomic E-state index is 5.77. The molecule has 0 saturated heterocycles. The van der Waals surface area contributed by atoms with Crippen LogP contribution in [0.4, 0.5) is 5.69 Å². The van der Waals surface area contributed by atoms with Crippen LogP contribution in [-0.2, 0) is 13.0 Å². The first-order valence-electron chi connectivity index (χ1n) is 9.85. The van der Waals surface area contributed by atoms with Gasteiger partial charge in [-0.25, -0.2) is 9.97 Å². The molecule has 1 aromatic carbocycles. The second kappa shape index (κ2) is 7.65. The Labute approximate surface area is 161 Å². The van der Waals surface area contributed by atoms with Crippen molar-refractivity contribution in [1.82, 2.24) is 14.9 Å². The van der Waals surface area contributed by atoms with E-state index in [1.807, 2.05) is 30.5 Å². The lowest BCUT2D eigenvalue weighted by Crippen LogP contribution is -2.33. The highest BCUT2D eigenvalue weighted by atomic mass is 15.1. The van der Waals surface area contributed by atoms with E-state index in [2.05, 4.69) is 29.5 Å². The van der Waals surface area contributed by atoms with Crippen LogP contribution in [0.5, 0.6) is 0 Å². The van der Waals surface area contributed by atoms with Crippen LogP contribution in [0.15, 0.2) is 54.3 Å². The van der Waals surface area contributed by atoms with Crippen molar-refractivity contribution in [2.24, 2.45) is 5.92 Å². The molecular formula is C23H28N4. The lowest BCUT2D eigenvalue weighted by atomic mass is 9.85. The topological polar surface area (TPSA) is 55.0 Å². The number of hydrogen-bond donors (Lipinski definition) is 1. The van der Waals surface area contributed by atoms with E-state index in [1.165, 1.54) is 29.7 Å². The van der Waals surface area contributed by atoms with E-state index >= 15 is 0 Å². The van der Waals surface area contributed by atoms with Crippen LogP contribution in [-0.4, -0.2) is 28.0 Å². The average molecular weight is 361 g/mol. The van der Waals surface area contributed by atoms with Crippen molar-refractivity contribution in [3.8, 4) is 11.4 Å². The summed E-state index contributed by atoms with van der Waals surface area (Å²) >= 11 is 0. The predicted octanol–water partition coefficient (Wildman–Crippen LogP) is 4.39. The molecule has 1 aliphatic heterocycles. The van der Waals surface area contributed by atoms with Crippen molar-refractivity contribution >= 4 is 5.69 Å². The van der Waals surface area contributed by atoms with Gasteiger partial charge in [0.2, 0.25) is 0 Å². The van der Waals surface area contributed by atoms with E-state index < -0.39 is 0 Å². The summed E-state index contributed by atoms with van der Waals surface area (Å²) in [6.45, 7) is 9.35. The van der Waals surface area contributed by atoms with Crippen LogP contribution in [0.25, 0.3) is 11.4 Å². The predicted molar refractivity (Wildman–Crippen MR) is 111 cm³/mol. The van der Waals surface area contributed by atoms with Gasteiger partial charge in [0.15, 0.2) is 5.82 Å². The molecule has 0 fully saturated rings. The lowest BCUT2D eigenvalue weighted by Gasteiger charge is -2.31. The van der Waals surface area contributed by atoms with Gasteiger partial charge in [-0.2, -0.15) is 0 Å². The van der Waals surface area contributed by atoms with E-state index in [4.69, 9.17) is 10.7 Å². The van der Waals surface area contributed by atoms with E-state index in [9.17, 15) is 0 Å². The number of nitrogens with zero attached hydrogens (tertiary/aromatic N) is 3. The van der Waals surface area contributed by atoms with Crippen LogP contribution in [0, 0.1) is 5.92 Å². The summed E-state index contributed by atoms with van der Waals surface area (Å²) in [4.78, 5) is 11.9. The quantitative estimate of drug-likeness (QED) is 0.649. The molecule has 0 amide bonds. The molecule has 1 aliphatic carbocycles. The molecule has 2 aromatic rings. The molecule has 2 N–H and O–H groups in total. The molecule has 1 unspecified atom stereocenters. The molecule has 0 spiro atoms. The fraction of sp³-hybridized carbons (Fsp3) is 0.391. The van der Waals surface area contributed by atoms with E-state index in [-0.39, 0.29) is 0 Å². The minimum absolute atomic E-state index is 0.677. The Kier molecular flexibility index (Phi) is 5.08. The van der Waals surface area contributed by atoms with Gasteiger partial charge in [-0.1, -0.05) is 23.8 Å². The van der Waals surface area contributed by atoms with Crippen LogP contribution in [0.3, 0.4) is 0 Å². The summed E-state index contributed by atoms with van der Waals surface area (Å²) in [5, 5.41) is 0. The minimum atomic E-state index is 0.677. The van der Waals surface area contributed by atoms with Crippen LogP contribution < -0.4 is 5.73 Å². The van der Waals surface area contributed by atoms with Gasteiger partial charge in [0.1, 0.15) is 0 Å². The van der Waals surface area contributed by atoms with Crippen LogP contribution >= 0.6 is 0 Å². The smallest absolute Gasteiger partial charge is 0.159 e. The highest BCUT2D eigenvalue weighted by molar-refractivity contribution is 5.58. The lowest BCUT2D eigenvalue weighted by molar-refractivity contribution is 0.267. The van der Waals surface area contributed by atoms with Crippen molar-refractivity contribution in [2.75, 3.05) is 18.8 Å². The number of hydrogen-bond acceptors (Lipinski definition) is 4. The first-order chi connectivity index (χ1) is 13.1.